The Labute approximate surface area is 109 Å². The Morgan fingerprint density at radius 3 is 2.53 bits per heavy atom. The zero-order chi connectivity index (χ0) is 13.8. The average molecular weight is 259 g/mol. The maximum Gasteiger partial charge on any atom is 0.334 e. The largest absolute Gasteiger partial charge is 0.479 e. The molecule has 0 fully saturated rings. The quantitative estimate of drug-likeness (QED) is 0.765. The summed E-state index contributed by atoms with van der Waals surface area (Å²) in [6.07, 6.45) is -1.60. The van der Waals surface area contributed by atoms with Crippen molar-refractivity contribution in [2.45, 2.75) is 6.10 Å². The van der Waals surface area contributed by atoms with E-state index in [-0.39, 0.29) is 6.54 Å². The van der Waals surface area contributed by atoms with Gasteiger partial charge in [-0.05, 0) is 16.8 Å². The molecule has 0 aromatic heterocycles. The lowest BCUT2D eigenvalue weighted by Crippen LogP contribution is -2.36. The number of aliphatic hydroxyl groups is 1. The van der Waals surface area contributed by atoms with Crippen molar-refractivity contribution in [1.29, 1.82) is 0 Å². The molecular weight excluding hydrogens is 246 g/mol. The Kier molecular flexibility index (Phi) is 3.77. The molecule has 0 saturated heterocycles. The number of aliphatic hydroxyl groups excluding tert-OH is 1. The van der Waals surface area contributed by atoms with Gasteiger partial charge in [-0.15, -0.1) is 0 Å². The van der Waals surface area contributed by atoms with Gasteiger partial charge in [0.05, 0.1) is 6.54 Å². The minimum absolute atomic E-state index is 0.322. The van der Waals surface area contributed by atoms with Crippen LogP contribution in [-0.4, -0.2) is 34.7 Å². The van der Waals surface area contributed by atoms with E-state index in [1.165, 1.54) is 0 Å². The van der Waals surface area contributed by atoms with Crippen molar-refractivity contribution < 1.29 is 19.8 Å². The number of fused-ring (bicyclic) bond motifs is 1. The van der Waals surface area contributed by atoms with Crippen LogP contribution in [0.1, 0.15) is 10.4 Å². The number of hydrogen-bond acceptors (Lipinski definition) is 3. The van der Waals surface area contributed by atoms with E-state index in [1.807, 2.05) is 30.3 Å². The zero-order valence-corrected chi connectivity index (χ0v) is 10.0. The minimum atomic E-state index is -1.60. The number of hydrogen-bond donors (Lipinski definition) is 3. The molecule has 1 atom stereocenters. The fourth-order valence-corrected chi connectivity index (χ4v) is 1.80. The van der Waals surface area contributed by atoms with E-state index in [0.717, 1.165) is 10.8 Å². The SMILES string of the molecule is O=C(NCC(O)C(=O)O)c1cccc2ccccc12. The lowest BCUT2D eigenvalue weighted by atomic mass is 10.0. The third-order valence-electron chi connectivity index (χ3n) is 2.78. The molecule has 1 amide bonds. The van der Waals surface area contributed by atoms with Gasteiger partial charge in [0.2, 0.25) is 0 Å². The van der Waals surface area contributed by atoms with Crippen LogP contribution in [-0.2, 0) is 4.79 Å². The number of carboxylic acids is 1. The molecule has 0 radical (unpaired) electrons. The molecule has 0 aliphatic carbocycles. The number of carbonyl (C=O) groups is 2. The number of carbonyl (C=O) groups excluding carboxylic acids is 1. The van der Waals surface area contributed by atoms with Gasteiger partial charge in [-0.1, -0.05) is 36.4 Å². The van der Waals surface area contributed by atoms with E-state index < -0.39 is 18.0 Å². The predicted molar refractivity (Wildman–Crippen MR) is 69.9 cm³/mol. The number of nitrogens with one attached hydrogen (secondary N) is 1. The molecule has 0 saturated carbocycles. The average Bonchev–Trinajstić information content (AvgIpc) is 2.43. The summed E-state index contributed by atoms with van der Waals surface area (Å²) in [4.78, 5) is 22.4. The molecule has 0 heterocycles. The summed E-state index contributed by atoms with van der Waals surface area (Å²) < 4.78 is 0. The minimum Gasteiger partial charge on any atom is -0.479 e. The van der Waals surface area contributed by atoms with Gasteiger partial charge < -0.3 is 15.5 Å². The molecule has 2 aromatic rings. The molecular formula is C14H13NO4. The number of benzene rings is 2. The number of carboxylic acid groups (broad SMARTS) is 1. The van der Waals surface area contributed by atoms with Crippen molar-refractivity contribution in [1.82, 2.24) is 5.32 Å². The van der Waals surface area contributed by atoms with E-state index in [0.29, 0.717) is 5.56 Å². The highest BCUT2D eigenvalue weighted by atomic mass is 16.4. The summed E-state index contributed by atoms with van der Waals surface area (Å²) in [6.45, 7) is -0.322. The Morgan fingerprint density at radius 2 is 1.79 bits per heavy atom. The van der Waals surface area contributed by atoms with Crippen LogP contribution in [0, 0.1) is 0 Å². The first kappa shape index (κ1) is 13.0. The second kappa shape index (κ2) is 5.49. The van der Waals surface area contributed by atoms with Crippen LogP contribution in [0.2, 0.25) is 0 Å². The van der Waals surface area contributed by atoms with Crippen molar-refractivity contribution in [3.05, 3.63) is 48.0 Å². The van der Waals surface area contributed by atoms with Gasteiger partial charge in [-0.25, -0.2) is 4.79 Å². The molecule has 98 valence electrons. The van der Waals surface area contributed by atoms with Gasteiger partial charge in [-0.3, -0.25) is 4.79 Å². The van der Waals surface area contributed by atoms with Crippen LogP contribution in [0.4, 0.5) is 0 Å². The van der Waals surface area contributed by atoms with Crippen LogP contribution >= 0.6 is 0 Å². The van der Waals surface area contributed by atoms with Crippen molar-refractivity contribution in [2.24, 2.45) is 0 Å². The third kappa shape index (κ3) is 2.89. The molecule has 5 heteroatoms. The van der Waals surface area contributed by atoms with Gasteiger partial charge in [0.1, 0.15) is 0 Å². The van der Waals surface area contributed by atoms with Crippen LogP contribution < -0.4 is 5.32 Å². The second-order valence-corrected chi connectivity index (χ2v) is 4.09. The number of amides is 1. The summed E-state index contributed by atoms with van der Waals surface area (Å²) in [5.74, 6) is -1.77. The standard InChI is InChI=1S/C14H13NO4/c16-12(14(18)19)8-15-13(17)11-7-3-5-9-4-1-2-6-10(9)11/h1-7,12,16H,8H2,(H,15,17)(H,18,19). The van der Waals surface area contributed by atoms with E-state index in [9.17, 15) is 9.59 Å². The highest BCUT2D eigenvalue weighted by molar-refractivity contribution is 6.07. The molecule has 2 rings (SSSR count). The van der Waals surface area contributed by atoms with Gasteiger partial charge in [-0.2, -0.15) is 0 Å². The summed E-state index contributed by atoms with van der Waals surface area (Å²) in [5.41, 5.74) is 0.454. The van der Waals surface area contributed by atoms with E-state index >= 15 is 0 Å². The summed E-state index contributed by atoms with van der Waals surface area (Å²) in [7, 11) is 0. The highest BCUT2D eigenvalue weighted by Gasteiger charge is 2.15. The number of aliphatic carboxylic acids is 1. The molecule has 3 N–H and O–H groups in total. The van der Waals surface area contributed by atoms with Crippen molar-refractivity contribution in [3.8, 4) is 0 Å². The molecule has 0 bridgehead atoms. The second-order valence-electron chi connectivity index (χ2n) is 4.09. The fourth-order valence-electron chi connectivity index (χ4n) is 1.80. The van der Waals surface area contributed by atoms with Gasteiger partial charge in [0.15, 0.2) is 6.10 Å². The normalized spacial score (nSPS) is 12.1. The van der Waals surface area contributed by atoms with E-state index in [2.05, 4.69) is 5.32 Å². The summed E-state index contributed by atoms with van der Waals surface area (Å²) >= 11 is 0. The molecule has 19 heavy (non-hydrogen) atoms. The first-order chi connectivity index (χ1) is 9.09. The van der Waals surface area contributed by atoms with Gasteiger partial charge in [0, 0.05) is 5.56 Å². The fraction of sp³-hybridized carbons (Fsp3) is 0.143. The maximum atomic E-state index is 12.0. The molecule has 2 aromatic carbocycles. The Balaban J connectivity index is 2.20. The summed E-state index contributed by atoms with van der Waals surface area (Å²) in [5, 5.41) is 21.8. The summed E-state index contributed by atoms with van der Waals surface area (Å²) in [6, 6.07) is 12.7. The van der Waals surface area contributed by atoms with Crippen LogP contribution in [0.15, 0.2) is 42.5 Å². The molecule has 0 aliphatic heterocycles. The van der Waals surface area contributed by atoms with Crippen molar-refractivity contribution in [2.75, 3.05) is 6.54 Å². The highest BCUT2D eigenvalue weighted by Crippen LogP contribution is 2.18. The van der Waals surface area contributed by atoms with E-state index in [1.54, 1.807) is 12.1 Å². The molecule has 5 nitrogen and oxygen atoms in total. The third-order valence-corrected chi connectivity index (χ3v) is 2.78. The smallest absolute Gasteiger partial charge is 0.334 e. The Hall–Kier alpha value is -2.40. The molecule has 0 spiro atoms. The van der Waals surface area contributed by atoms with Crippen LogP contribution in [0.25, 0.3) is 10.8 Å². The predicted octanol–water partition coefficient (Wildman–Crippen LogP) is 1.02. The van der Waals surface area contributed by atoms with Crippen LogP contribution in [0.5, 0.6) is 0 Å². The maximum absolute atomic E-state index is 12.0. The van der Waals surface area contributed by atoms with Gasteiger partial charge in [0.25, 0.3) is 5.91 Å². The first-order valence-corrected chi connectivity index (χ1v) is 5.76. The van der Waals surface area contributed by atoms with Crippen LogP contribution in [0.3, 0.4) is 0 Å². The molecule has 1 unspecified atom stereocenters. The Morgan fingerprint density at radius 1 is 1.11 bits per heavy atom. The lowest BCUT2D eigenvalue weighted by Gasteiger charge is -2.09. The number of rotatable bonds is 4. The Bertz CT molecular complexity index is 618. The molecule has 0 aliphatic rings. The van der Waals surface area contributed by atoms with Gasteiger partial charge >= 0.3 is 5.97 Å². The lowest BCUT2D eigenvalue weighted by molar-refractivity contribution is -0.146. The monoisotopic (exact) mass is 259 g/mol. The topological polar surface area (TPSA) is 86.6 Å². The first-order valence-electron chi connectivity index (χ1n) is 5.76. The zero-order valence-electron chi connectivity index (χ0n) is 10.0. The van der Waals surface area contributed by atoms with Crippen molar-refractivity contribution >= 4 is 22.6 Å². The van der Waals surface area contributed by atoms with E-state index in [4.69, 9.17) is 10.2 Å². The van der Waals surface area contributed by atoms with Crippen molar-refractivity contribution in [3.63, 3.8) is 0 Å².